The first-order valence-corrected chi connectivity index (χ1v) is 7.87. The van der Waals surface area contributed by atoms with E-state index in [4.69, 9.17) is 27.9 Å². The maximum Gasteiger partial charge on any atom is 0.315 e. The van der Waals surface area contributed by atoms with E-state index in [2.05, 4.69) is 10.6 Å². The quantitative estimate of drug-likeness (QED) is 0.571. The molecule has 1 aromatic rings. The molecule has 1 atom stereocenters. The number of ether oxygens (including phenoxy) is 1. The van der Waals surface area contributed by atoms with Crippen LogP contribution in [0.3, 0.4) is 0 Å². The number of esters is 1. The molecule has 10 heteroatoms. The van der Waals surface area contributed by atoms with Gasteiger partial charge >= 0.3 is 5.97 Å². The number of hydrogen-bond donors (Lipinski definition) is 2. The molecule has 0 saturated heterocycles. The minimum absolute atomic E-state index is 0.0341. The molecule has 0 heterocycles. The molecule has 1 fully saturated rings. The summed E-state index contributed by atoms with van der Waals surface area (Å²) in [6, 6.07) is 2.83. The standard InChI is InChI=1S/C15H14Cl2F2N2O4/c1-14(7-15(14,16)17)13(24)25-6-12(23)20-5-11(22)21-8-2-3-9(18)10(19)4-8/h2-4H,5-7H2,1H3,(H,20,23)(H,21,22)/t14-/m0/s1. The molecule has 0 aliphatic heterocycles. The number of hydrogen-bond acceptors (Lipinski definition) is 4. The summed E-state index contributed by atoms with van der Waals surface area (Å²) in [7, 11) is 0. The van der Waals surface area contributed by atoms with Gasteiger partial charge in [0, 0.05) is 18.2 Å². The minimum atomic E-state index is -1.20. The molecule has 2 amide bonds. The molecule has 0 spiro atoms. The van der Waals surface area contributed by atoms with Gasteiger partial charge in [-0.2, -0.15) is 0 Å². The summed E-state index contributed by atoms with van der Waals surface area (Å²) in [6.45, 7) is 0.473. The van der Waals surface area contributed by atoms with Gasteiger partial charge in [-0.05, 0) is 19.1 Å². The van der Waals surface area contributed by atoms with Crippen LogP contribution in [0.25, 0.3) is 0 Å². The van der Waals surface area contributed by atoms with Crippen LogP contribution in [0.15, 0.2) is 18.2 Å². The van der Waals surface area contributed by atoms with Gasteiger partial charge < -0.3 is 15.4 Å². The summed E-state index contributed by atoms with van der Waals surface area (Å²) in [5.74, 6) is -4.25. The van der Waals surface area contributed by atoms with Crippen LogP contribution in [0.1, 0.15) is 13.3 Å². The van der Waals surface area contributed by atoms with Crippen molar-refractivity contribution in [3.05, 3.63) is 29.8 Å². The second-order valence-corrected chi connectivity index (χ2v) is 7.23. The van der Waals surface area contributed by atoms with E-state index >= 15 is 0 Å². The van der Waals surface area contributed by atoms with Gasteiger partial charge in [0.05, 0.1) is 6.54 Å². The van der Waals surface area contributed by atoms with Gasteiger partial charge in [0.25, 0.3) is 5.91 Å². The lowest BCUT2D eigenvalue weighted by atomic mass is 10.1. The molecular weight excluding hydrogens is 381 g/mol. The fourth-order valence-corrected chi connectivity index (χ4v) is 2.61. The summed E-state index contributed by atoms with van der Waals surface area (Å²) in [6.07, 6.45) is 0.222. The molecular formula is C15H14Cl2F2N2O4. The predicted octanol–water partition coefficient (Wildman–Crippen LogP) is 2.15. The first kappa shape index (κ1) is 19.4. The fourth-order valence-electron chi connectivity index (χ4n) is 1.92. The topological polar surface area (TPSA) is 84.5 Å². The number of benzene rings is 1. The Kier molecular flexibility index (Phi) is 5.53. The van der Waals surface area contributed by atoms with Crippen molar-refractivity contribution in [3.8, 4) is 0 Å². The molecule has 0 bridgehead atoms. The van der Waals surface area contributed by atoms with Crippen molar-refractivity contribution in [2.24, 2.45) is 5.41 Å². The monoisotopic (exact) mass is 394 g/mol. The zero-order valence-electron chi connectivity index (χ0n) is 13.0. The third-order valence-corrected chi connectivity index (χ3v) is 4.79. The summed E-state index contributed by atoms with van der Waals surface area (Å²) >= 11 is 11.6. The lowest BCUT2D eigenvalue weighted by molar-refractivity contribution is -0.153. The van der Waals surface area contributed by atoms with Crippen LogP contribution < -0.4 is 10.6 Å². The third kappa shape index (κ3) is 4.58. The highest BCUT2D eigenvalue weighted by Gasteiger charge is 2.69. The molecule has 25 heavy (non-hydrogen) atoms. The number of rotatable bonds is 6. The van der Waals surface area contributed by atoms with Gasteiger partial charge in [0.15, 0.2) is 18.2 Å². The maximum absolute atomic E-state index is 13.0. The van der Waals surface area contributed by atoms with Crippen molar-refractivity contribution in [2.75, 3.05) is 18.5 Å². The number of alkyl halides is 2. The minimum Gasteiger partial charge on any atom is -0.455 e. The summed E-state index contributed by atoms with van der Waals surface area (Å²) in [4.78, 5) is 35.0. The first-order valence-electron chi connectivity index (χ1n) is 7.12. The molecule has 1 saturated carbocycles. The molecule has 2 N–H and O–H groups in total. The Morgan fingerprint density at radius 1 is 1.20 bits per heavy atom. The van der Waals surface area contributed by atoms with Crippen LogP contribution in [-0.4, -0.2) is 35.3 Å². The Balaban J connectivity index is 1.72. The number of carbonyl (C=O) groups excluding carboxylic acids is 3. The molecule has 0 unspecified atom stereocenters. The largest absolute Gasteiger partial charge is 0.455 e. The van der Waals surface area contributed by atoms with Crippen LogP contribution in [0, 0.1) is 17.0 Å². The average molecular weight is 395 g/mol. The Hall–Kier alpha value is -1.93. The Bertz CT molecular complexity index is 729. The summed E-state index contributed by atoms with van der Waals surface area (Å²) in [5, 5.41) is 4.49. The second-order valence-electron chi connectivity index (χ2n) is 5.74. The van der Waals surface area contributed by atoms with Gasteiger partial charge in [0.2, 0.25) is 5.91 Å². The van der Waals surface area contributed by atoms with Gasteiger partial charge in [0.1, 0.15) is 9.75 Å². The van der Waals surface area contributed by atoms with Gasteiger partial charge in [-0.1, -0.05) is 0 Å². The van der Waals surface area contributed by atoms with Gasteiger partial charge in [-0.15, -0.1) is 23.2 Å². The number of nitrogens with one attached hydrogen (secondary N) is 2. The zero-order valence-corrected chi connectivity index (χ0v) is 14.5. The molecule has 136 valence electrons. The average Bonchev–Trinajstić information content (AvgIpc) is 3.06. The summed E-state index contributed by atoms with van der Waals surface area (Å²) in [5.41, 5.74) is -1.02. The summed E-state index contributed by atoms with van der Waals surface area (Å²) < 4.78 is 29.4. The fraction of sp³-hybridized carbons (Fsp3) is 0.400. The zero-order chi connectivity index (χ0) is 18.8. The van der Waals surface area contributed by atoms with Crippen LogP contribution >= 0.6 is 23.2 Å². The van der Waals surface area contributed by atoms with Crippen molar-refractivity contribution in [1.82, 2.24) is 5.32 Å². The van der Waals surface area contributed by atoms with E-state index in [9.17, 15) is 23.2 Å². The lowest BCUT2D eigenvalue weighted by Gasteiger charge is -2.12. The second kappa shape index (κ2) is 7.13. The molecule has 2 rings (SSSR count). The van der Waals surface area contributed by atoms with E-state index in [1.807, 2.05) is 0 Å². The van der Waals surface area contributed by atoms with Crippen LogP contribution in [-0.2, 0) is 19.1 Å². The third-order valence-electron chi connectivity index (χ3n) is 3.69. The number of anilines is 1. The highest BCUT2D eigenvalue weighted by atomic mass is 35.5. The van der Waals surface area contributed by atoms with Gasteiger partial charge in [-0.3, -0.25) is 14.4 Å². The molecule has 1 aromatic carbocycles. The number of halogens is 4. The van der Waals surface area contributed by atoms with Crippen LogP contribution in [0.2, 0.25) is 0 Å². The highest BCUT2D eigenvalue weighted by Crippen LogP contribution is 2.64. The molecule has 1 aliphatic rings. The smallest absolute Gasteiger partial charge is 0.315 e. The number of amides is 2. The molecule has 6 nitrogen and oxygen atoms in total. The van der Waals surface area contributed by atoms with E-state index in [1.54, 1.807) is 0 Å². The Morgan fingerprint density at radius 3 is 2.40 bits per heavy atom. The van der Waals surface area contributed by atoms with Crippen molar-refractivity contribution < 1.29 is 27.9 Å². The van der Waals surface area contributed by atoms with E-state index in [-0.39, 0.29) is 12.1 Å². The van der Waals surface area contributed by atoms with E-state index in [0.717, 1.165) is 12.1 Å². The van der Waals surface area contributed by atoms with Gasteiger partial charge in [-0.25, -0.2) is 8.78 Å². The lowest BCUT2D eigenvalue weighted by Crippen LogP contribution is -2.36. The predicted molar refractivity (Wildman–Crippen MR) is 86.1 cm³/mol. The number of carbonyl (C=O) groups is 3. The van der Waals surface area contributed by atoms with Crippen molar-refractivity contribution in [2.45, 2.75) is 17.7 Å². The van der Waals surface area contributed by atoms with E-state index in [1.165, 1.54) is 13.0 Å². The van der Waals surface area contributed by atoms with Crippen LogP contribution in [0.5, 0.6) is 0 Å². The van der Waals surface area contributed by atoms with Crippen molar-refractivity contribution in [3.63, 3.8) is 0 Å². The van der Waals surface area contributed by atoms with E-state index in [0.29, 0.717) is 0 Å². The highest BCUT2D eigenvalue weighted by molar-refractivity contribution is 6.53. The molecule has 0 radical (unpaired) electrons. The van der Waals surface area contributed by atoms with E-state index < -0.39 is 52.3 Å². The SMILES string of the molecule is C[C@@]1(C(=O)OCC(=O)NCC(=O)Nc2ccc(F)c(F)c2)CC1(Cl)Cl. The van der Waals surface area contributed by atoms with Crippen molar-refractivity contribution in [1.29, 1.82) is 0 Å². The Morgan fingerprint density at radius 2 is 1.84 bits per heavy atom. The molecule has 0 aromatic heterocycles. The Labute approximate surface area is 151 Å². The molecule has 1 aliphatic carbocycles. The van der Waals surface area contributed by atoms with Crippen molar-refractivity contribution >= 4 is 46.7 Å². The first-order chi connectivity index (χ1) is 11.5. The maximum atomic E-state index is 13.0. The normalized spacial score (nSPS) is 20.5. The van der Waals surface area contributed by atoms with Crippen LogP contribution in [0.4, 0.5) is 14.5 Å².